The Labute approximate surface area is 211 Å². The molecule has 4 rings (SSSR count). The van der Waals surface area contributed by atoms with E-state index in [2.05, 4.69) is 20.7 Å². The van der Waals surface area contributed by atoms with Crippen molar-refractivity contribution in [2.75, 3.05) is 11.9 Å². The Hall–Kier alpha value is -4.15. The predicted octanol–water partition coefficient (Wildman–Crippen LogP) is 5.28. The van der Waals surface area contributed by atoms with E-state index in [9.17, 15) is 22.8 Å². The number of aromatic nitrogens is 3. The fourth-order valence-electron chi connectivity index (χ4n) is 4.10. The Kier molecular flexibility index (Phi) is 7.90. The molecule has 0 saturated heterocycles. The Morgan fingerprint density at radius 1 is 0.973 bits per heavy atom. The Morgan fingerprint density at radius 3 is 2.27 bits per heavy atom. The molecule has 1 aliphatic carbocycles. The van der Waals surface area contributed by atoms with Crippen molar-refractivity contribution in [3.63, 3.8) is 0 Å². The summed E-state index contributed by atoms with van der Waals surface area (Å²) in [5.41, 5.74) is 3.27. The molecule has 1 fully saturated rings. The van der Waals surface area contributed by atoms with Gasteiger partial charge >= 0.3 is 12.1 Å². The van der Waals surface area contributed by atoms with Crippen molar-refractivity contribution in [3.8, 4) is 5.82 Å². The van der Waals surface area contributed by atoms with Gasteiger partial charge in [-0.05, 0) is 61.1 Å². The minimum Gasteiger partial charge on any atom is -0.481 e. The molecule has 8 nitrogen and oxygen atoms in total. The van der Waals surface area contributed by atoms with Crippen molar-refractivity contribution in [1.82, 2.24) is 20.1 Å². The number of hydrogen-bond donors (Lipinski definition) is 3. The molecular formula is C26H26F3N5O3. The van der Waals surface area contributed by atoms with E-state index >= 15 is 0 Å². The number of pyridine rings is 1. The number of carbonyl (C=O) groups is 2. The van der Waals surface area contributed by atoms with Crippen LogP contribution in [0.1, 0.15) is 60.0 Å². The van der Waals surface area contributed by atoms with Gasteiger partial charge in [-0.15, -0.1) is 0 Å². The third kappa shape index (κ3) is 6.75. The number of carboxylic acid groups (broad SMARTS) is 1. The number of nitrogens with zero attached hydrogens (tertiary/aromatic N) is 3. The molecule has 0 atom stereocenters. The van der Waals surface area contributed by atoms with E-state index in [0.29, 0.717) is 11.3 Å². The third-order valence-electron chi connectivity index (χ3n) is 6.03. The van der Waals surface area contributed by atoms with Gasteiger partial charge in [-0.3, -0.25) is 9.59 Å². The van der Waals surface area contributed by atoms with Crippen LogP contribution in [0.2, 0.25) is 0 Å². The number of amides is 1. The molecule has 0 bridgehead atoms. The van der Waals surface area contributed by atoms with Crippen molar-refractivity contribution in [2.45, 2.75) is 44.7 Å². The molecular weight excluding hydrogens is 487 g/mol. The highest BCUT2D eigenvalue weighted by atomic mass is 19.4. The summed E-state index contributed by atoms with van der Waals surface area (Å²) in [5.74, 6) is -1.07. The highest BCUT2D eigenvalue weighted by Crippen LogP contribution is 2.32. The molecule has 0 spiro atoms. The summed E-state index contributed by atoms with van der Waals surface area (Å²) < 4.78 is 39.7. The molecule has 11 heteroatoms. The molecule has 1 aliphatic rings. The minimum atomic E-state index is -4.48. The average Bonchev–Trinajstić information content (AvgIpc) is 3.39. The van der Waals surface area contributed by atoms with Crippen LogP contribution in [0.3, 0.4) is 0 Å². The zero-order valence-corrected chi connectivity index (χ0v) is 19.9. The lowest BCUT2D eigenvalue weighted by Gasteiger charge is -2.21. The molecule has 2 aromatic heterocycles. The molecule has 0 unspecified atom stereocenters. The SMILES string of the molecule is O=C(O)CCNC(=O)c1ccc(C(Nc2ccc(-n3cc(C(F)(F)F)cn3)nc2)=C2CCCCC2)cc1. The lowest BCUT2D eigenvalue weighted by atomic mass is 9.91. The lowest BCUT2D eigenvalue weighted by Crippen LogP contribution is -2.25. The van der Waals surface area contributed by atoms with E-state index in [0.717, 1.165) is 60.4 Å². The van der Waals surface area contributed by atoms with Crippen LogP contribution in [0.15, 0.2) is 60.6 Å². The van der Waals surface area contributed by atoms with Crippen molar-refractivity contribution < 1.29 is 27.9 Å². The molecule has 3 N–H and O–H groups in total. The maximum absolute atomic E-state index is 12.9. The fraction of sp³-hybridized carbons (Fsp3) is 0.308. The van der Waals surface area contributed by atoms with Crippen LogP contribution in [0.25, 0.3) is 11.5 Å². The van der Waals surface area contributed by atoms with E-state index in [1.165, 1.54) is 11.8 Å². The van der Waals surface area contributed by atoms with Crippen molar-refractivity contribution in [2.24, 2.45) is 0 Å². The van der Waals surface area contributed by atoms with Gasteiger partial charge in [-0.2, -0.15) is 18.3 Å². The second-order valence-electron chi connectivity index (χ2n) is 8.72. The number of anilines is 1. The first-order valence-corrected chi connectivity index (χ1v) is 11.9. The van der Waals surface area contributed by atoms with Crippen LogP contribution in [0, 0.1) is 0 Å². The number of benzene rings is 1. The van der Waals surface area contributed by atoms with Gasteiger partial charge in [-0.1, -0.05) is 18.6 Å². The normalized spacial score (nSPS) is 13.8. The first-order valence-electron chi connectivity index (χ1n) is 11.9. The number of halogens is 3. The van der Waals surface area contributed by atoms with Crippen LogP contribution in [0.5, 0.6) is 0 Å². The van der Waals surface area contributed by atoms with Gasteiger partial charge in [0.05, 0.1) is 30.1 Å². The molecule has 2 heterocycles. The van der Waals surface area contributed by atoms with Crippen LogP contribution in [-0.2, 0) is 11.0 Å². The number of carboxylic acids is 1. The highest BCUT2D eigenvalue weighted by Gasteiger charge is 2.32. The van der Waals surface area contributed by atoms with Gasteiger partial charge in [-0.25, -0.2) is 9.67 Å². The largest absolute Gasteiger partial charge is 0.481 e. The van der Waals surface area contributed by atoms with Gasteiger partial charge < -0.3 is 15.7 Å². The van der Waals surface area contributed by atoms with Gasteiger partial charge in [0, 0.05) is 24.0 Å². The highest BCUT2D eigenvalue weighted by molar-refractivity contribution is 5.95. The summed E-state index contributed by atoms with van der Waals surface area (Å²) in [6.45, 7) is 0.0474. The molecule has 0 radical (unpaired) electrons. The van der Waals surface area contributed by atoms with Crippen LogP contribution in [0.4, 0.5) is 18.9 Å². The summed E-state index contributed by atoms with van der Waals surface area (Å²) in [6.07, 6.45) is 3.73. The second-order valence-corrected chi connectivity index (χ2v) is 8.72. The minimum absolute atomic E-state index is 0.0474. The number of nitrogens with one attached hydrogen (secondary N) is 2. The molecule has 3 aromatic rings. The number of carbonyl (C=O) groups excluding carboxylic acids is 1. The second kappa shape index (κ2) is 11.3. The van der Waals surface area contributed by atoms with E-state index in [1.807, 2.05) is 12.1 Å². The summed E-state index contributed by atoms with van der Waals surface area (Å²) >= 11 is 0. The Morgan fingerprint density at radius 2 is 1.68 bits per heavy atom. The smallest absolute Gasteiger partial charge is 0.419 e. The van der Waals surface area contributed by atoms with Gasteiger partial charge in [0.1, 0.15) is 0 Å². The Balaban J connectivity index is 1.52. The maximum Gasteiger partial charge on any atom is 0.419 e. The average molecular weight is 514 g/mol. The summed E-state index contributed by atoms with van der Waals surface area (Å²) in [7, 11) is 0. The van der Waals surface area contributed by atoms with E-state index in [-0.39, 0.29) is 24.7 Å². The number of allylic oxidation sites excluding steroid dienone is 1. The topological polar surface area (TPSA) is 109 Å². The monoisotopic (exact) mass is 513 g/mol. The lowest BCUT2D eigenvalue weighted by molar-refractivity contribution is -0.138. The van der Waals surface area contributed by atoms with Gasteiger partial charge in [0.15, 0.2) is 5.82 Å². The van der Waals surface area contributed by atoms with Crippen molar-refractivity contribution in [1.29, 1.82) is 0 Å². The number of aliphatic carboxylic acids is 1. The number of rotatable bonds is 8. The quantitative estimate of drug-likeness (QED) is 0.378. The van der Waals surface area contributed by atoms with E-state index < -0.39 is 17.7 Å². The standard InChI is InChI=1S/C26H26F3N5O3/c27-26(28,29)20-14-32-34(16-20)22-11-10-21(15-31-22)33-24(17-4-2-1-3-5-17)18-6-8-19(9-7-18)25(37)30-13-12-23(35)36/h6-11,14-16,33H,1-5,12-13H2,(H,30,37)(H,35,36). The fourth-order valence-corrected chi connectivity index (χ4v) is 4.10. The molecule has 1 aromatic carbocycles. The molecule has 194 valence electrons. The van der Waals surface area contributed by atoms with Crippen LogP contribution < -0.4 is 10.6 Å². The zero-order valence-electron chi connectivity index (χ0n) is 19.9. The van der Waals surface area contributed by atoms with Crippen molar-refractivity contribution in [3.05, 3.63) is 77.3 Å². The third-order valence-corrected chi connectivity index (χ3v) is 6.03. The van der Waals surface area contributed by atoms with Gasteiger partial charge in [0.25, 0.3) is 5.91 Å². The van der Waals surface area contributed by atoms with Crippen LogP contribution in [-0.4, -0.2) is 38.3 Å². The van der Waals surface area contributed by atoms with E-state index in [1.54, 1.807) is 24.3 Å². The zero-order chi connectivity index (χ0) is 26.4. The Bertz CT molecular complexity index is 1270. The van der Waals surface area contributed by atoms with Gasteiger partial charge in [0.2, 0.25) is 0 Å². The molecule has 1 saturated carbocycles. The van der Waals surface area contributed by atoms with E-state index in [4.69, 9.17) is 5.11 Å². The molecule has 1 amide bonds. The molecule has 0 aliphatic heterocycles. The maximum atomic E-state index is 12.9. The summed E-state index contributed by atoms with van der Waals surface area (Å²) in [6, 6.07) is 10.4. The predicted molar refractivity (Wildman–Crippen MR) is 131 cm³/mol. The van der Waals surface area contributed by atoms with Crippen molar-refractivity contribution >= 4 is 23.3 Å². The number of hydrogen-bond acceptors (Lipinski definition) is 5. The number of alkyl halides is 3. The van der Waals surface area contributed by atoms with Crippen LogP contribution >= 0.6 is 0 Å². The first kappa shape index (κ1) is 25.9. The summed E-state index contributed by atoms with van der Waals surface area (Å²) in [5, 5.41) is 18.5. The first-order chi connectivity index (χ1) is 17.7. The summed E-state index contributed by atoms with van der Waals surface area (Å²) in [4.78, 5) is 27.2. The molecule has 37 heavy (non-hydrogen) atoms.